The standard InChI is InChI=1S/C17H12BrN3O4/c1-20-14-13(15(22)21(2)17(20)24)11(8-3-5-9(18)6-4-8)12-10(19-14)7-25-16(12)23/h3-6H,7H2,1-2H3/p+1. The molecule has 0 amide bonds. The quantitative estimate of drug-likeness (QED) is 0.571. The van der Waals surface area contributed by atoms with E-state index in [4.69, 9.17) is 4.74 Å². The molecule has 1 N–H and O–H groups in total. The summed E-state index contributed by atoms with van der Waals surface area (Å²) in [6.07, 6.45) is 0. The predicted octanol–water partition coefficient (Wildman–Crippen LogP) is 1.15. The van der Waals surface area contributed by atoms with Gasteiger partial charge in [-0.1, -0.05) is 28.1 Å². The predicted molar refractivity (Wildman–Crippen MR) is 93.2 cm³/mol. The third-order valence-corrected chi connectivity index (χ3v) is 4.95. The lowest BCUT2D eigenvalue weighted by Crippen LogP contribution is -2.40. The number of aromatic amines is 1. The number of benzene rings is 1. The van der Waals surface area contributed by atoms with Crippen molar-refractivity contribution in [3.63, 3.8) is 0 Å². The Bertz CT molecular complexity index is 1180. The highest BCUT2D eigenvalue weighted by Gasteiger charge is 2.34. The molecule has 1 aliphatic rings. The SMILES string of the molecule is Cn1c(=O)c2c(-c3ccc(Br)cc3)c3c([nH+]c2n(C)c1=O)COC3=O. The topological polar surface area (TPSA) is 84.4 Å². The van der Waals surface area contributed by atoms with E-state index in [1.165, 1.54) is 11.6 Å². The molecule has 8 heteroatoms. The van der Waals surface area contributed by atoms with Gasteiger partial charge in [0, 0.05) is 17.1 Å². The fourth-order valence-electron chi connectivity index (χ4n) is 3.15. The van der Waals surface area contributed by atoms with Gasteiger partial charge in [0.15, 0.2) is 12.3 Å². The molecule has 0 aliphatic carbocycles. The third-order valence-electron chi connectivity index (χ3n) is 4.42. The number of rotatable bonds is 1. The van der Waals surface area contributed by atoms with Crippen LogP contribution in [0.3, 0.4) is 0 Å². The number of pyridine rings is 1. The van der Waals surface area contributed by atoms with Crippen molar-refractivity contribution in [1.82, 2.24) is 9.13 Å². The van der Waals surface area contributed by atoms with E-state index in [0.29, 0.717) is 28.0 Å². The number of esters is 1. The van der Waals surface area contributed by atoms with Crippen molar-refractivity contribution in [3.05, 3.63) is 60.8 Å². The molecule has 1 aliphatic heterocycles. The second kappa shape index (κ2) is 5.38. The number of nitrogens with one attached hydrogen (secondary N) is 1. The van der Waals surface area contributed by atoms with E-state index < -0.39 is 17.2 Å². The van der Waals surface area contributed by atoms with Gasteiger partial charge in [-0.2, -0.15) is 4.57 Å². The second-order valence-corrected chi connectivity index (χ2v) is 6.78. The summed E-state index contributed by atoms with van der Waals surface area (Å²) in [7, 11) is 3.00. The summed E-state index contributed by atoms with van der Waals surface area (Å²) in [5, 5.41) is 0.282. The van der Waals surface area contributed by atoms with Crippen LogP contribution in [0.4, 0.5) is 0 Å². The Morgan fingerprint density at radius 3 is 2.40 bits per heavy atom. The van der Waals surface area contributed by atoms with Crippen molar-refractivity contribution < 1.29 is 14.5 Å². The average molecular weight is 403 g/mol. The minimum absolute atomic E-state index is 0.0804. The molecule has 1 aromatic carbocycles. The number of aryl methyl sites for hydroxylation is 1. The van der Waals surface area contributed by atoms with Crippen LogP contribution in [0, 0.1) is 0 Å². The lowest BCUT2D eigenvalue weighted by atomic mass is 9.96. The maximum atomic E-state index is 12.8. The molecular weight excluding hydrogens is 390 g/mol. The molecule has 25 heavy (non-hydrogen) atoms. The third kappa shape index (κ3) is 2.17. The molecule has 0 unspecified atom stereocenters. The van der Waals surface area contributed by atoms with Crippen molar-refractivity contribution in [2.45, 2.75) is 6.61 Å². The van der Waals surface area contributed by atoms with Gasteiger partial charge in [-0.25, -0.2) is 19.1 Å². The van der Waals surface area contributed by atoms with Gasteiger partial charge in [-0.15, -0.1) is 0 Å². The molecule has 3 aromatic rings. The van der Waals surface area contributed by atoms with E-state index in [2.05, 4.69) is 20.9 Å². The molecule has 3 heterocycles. The first-order valence-electron chi connectivity index (χ1n) is 7.51. The Balaban J connectivity index is 2.28. The zero-order valence-electron chi connectivity index (χ0n) is 13.4. The van der Waals surface area contributed by atoms with Crippen LogP contribution < -0.4 is 16.2 Å². The highest BCUT2D eigenvalue weighted by atomic mass is 79.9. The van der Waals surface area contributed by atoms with Gasteiger partial charge in [0.05, 0.1) is 7.05 Å². The van der Waals surface area contributed by atoms with Crippen molar-refractivity contribution in [2.24, 2.45) is 14.1 Å². The Morgan fingerprint density at radius 1 is 1.04 bits per heavy atom. The monoisotopic (exact) mass is 402 g/mol. The van der Waals surface area contributed by atoms with E-state index in [1.807, 2.05) is 24.3 Å². The van der Waals surface area contributed by atoms with Gasteiger partial charge < -0.3 is 4.74 Å². The highest BCUT2D eigenvalue weighted by molar-refractivity contribution is 9.10. The molecule has 0 saturated carbocycles. The number of fused-ring (bicyclic) bond motifs is 2. The van der Waals surface area contributed by atoms with Gasteiger partial charge >= 0.3 is 11.7 Å². The second-order valence-electron chi connectivity index (χ2n) is 5.87. The first kappa shape index (κ1) is 15.8. The zero-order chi connectivity index (χ0) is 17.9. The van der Waals surface area contributed by atoms with Crippen molar-refractivity contribution in [2.75, 3.05) is 0 Å². The van der Waals surface area contributed by atoms with Crippen LogP contribution in [0.2, 0.25) is 0 Å². The molecule has 4 rings (SSSR count). The molecule has 0 bridgehead atoms. The Morgan fingerprint density at radius 2 is 1.72 bits per heavy atom. The lowest BCUT2D eigenvalue weighted by molar-refractivity contribution is -0.365. The Labute approximate surface area is 149 Å². The molecule has 0 fully saturated rings. The number of aromatic nitrogens is 3. The normalized spacial score (nSPS) is 13.2. The molecule has 0 saturated heterocycles. The van der Waals surface area contributed by atoms with E-state index in [0.717, 1.165) is 9.04 Å². The summed E-state index contributed by atoms with van der Waals surface area (Å²) in [5.74, 6) is -0.484. The minimum Gasteiger partial charge on any atom is -0.453 e. The Kier molecular flexibility index (Phi) is 3.40. The van der Waals surface area contributed by atoms with Crippen LogP contribution >= 0.6 is 15.9 Å². The average Bonchev–Trinajstić information content (AvgIpc) is 2.98. The number of hydrogen-bond donors (Lipinski definition) is 0. The van der Waals surface area contributed by atoms with E-state index >= 15 is 0 Å². The lowest BCUT2D eigenvalue weighted by Gasteiger charge is -2.09. The number of nitrogens with zero attached hydrogens (tertiary/aromatic N) is 2. The molecule has 7 nitrogen and oxygen atoms in total. The largest absolute Gasteiger partial charge is 0.453 e. The number of hydrogen-bond acceptors (Lipinski definition) is 4. The summed E-state index contributed by atoms with van der Waals surface area (Å²) in [6.45, 7) is 0.0804. The summed E-state index contributed by atoms with van der Waals surface area (Å²) in [6, 6.07) is 7.29. The van der Waals surface area contributed by atoms with Crippen LogP contribution in [0.25, 0.3) is 22.2 Å². The molecule has 0 radical (unpaired) electrons. The number of carbonyl (C=O) groups excluding carboxylic acids is 1. The summed E-state index contributed by atoms with van der Waals surface area (Å²) < 4.78 is 8.42. The smallest absolute Gasteiger partial charge is 0.417 e. The highest BCUT2D eigenvalue weighted by Crippen LogP contribution is 2.33. The molecule has 0 spiro atoms. The van der Waals surface area contributed by atoms with Crippen LogP contribution in [0.1, 0.15) is 16.1 Å². The van der Waals surface area contributed by atoms with Crippen molar-refractivity contribution in [1.29, 1.82) is 0 Å². The van der Waals surface area contributed by atoms with E-state index in [1.54, 1.807) is 7.05 Å². The van der Waals surface area contributed by atoms with Gasteiger partial charge in [0.2, 0.25) is 0 Å². The number of halogens is 1. The van der Waals surface area contributed by atoms with Crippen molar-refractivity contribution >= 4 is 32.9 Å². The molecular formula is C17H13BrN3O4+. The number of H-pyrrole nitrogens is 1. The van der Waals surface area contributed by atoms with Crippen LogP contribution in [0.5, 0.6) is 0 Å². The summed E-state index contributed by atoms with van der Waals surface area (Å²) in [5.41, 5.74) is 1.53. The fraction of sp³-hybridized carbons (Fsp3) is 0.176. The minimum atomic E-state index is -0.484. The summed E-state index contributed by atoms with van der Waals surface area (Å²) >= 11 is 3.38. The number of cyclic esters (lactones) is 1. The van der Waals surface area contributed by atoms with Crippen LogP contribution in [-0.4, -0.2) is 15.1 Å². The Hall–Kier alpha value is -2.74. The molecule has 2 aromatic heterocycles. The van der Waals surface area contributed by atoms with Gasteiger partial charge in [-0.05, 0) is 17.7 Å². The van der Waals surface area contributed by atoms with Crippen LogP contribution in [0.15, 0.2) is 38.3 Å². The van der Waals surface area contributed by atoms with E-state index in [9.17, 15) is 14.4 Å². The van der Waals surface area contributed by atoms with Gasteiger partial charge in [0.1, 0.15) is 10.9 Å². The van der Waals surface area contributed by atoms with Gasteiger partial charge in [-0.3, -0.25) is 4.79 Å². The maximum absolute atomic E-state index is 12.8. The number of carbonyl (C=O) groups is 1. The maximum Gasteiger partial charge on any atom is 0.417 e. The molecule has 0 atom stereocenters. The fourth-order valence-corrected chi connectivity index (χ4v) is 3.41. The summed E-state index contributed by atoms with van der Waals surface area (Å²) in [4.78, 5) is 40.4. The number of ether oxygens (including phenoxy) is 1. The first-order chi connectivity index (χ1) is 11.9. The van der Waals surface area contributed by atoms with Crippen molar-refractivity contribution in [3.8, 4) is 11.1 Å². The van der Waals surface area contributed by atoms with Gasteiger partial charge in [0.25, 0.3) is 11.2 Å². The van der Waals surface area contributed by atoms with E-state index in [-0.39, 0.29) is 12.0 Å². The van der Waals surface area contributed by atoms with Crippen LogP contribution in [-0.2, 0) is 25.4 Å². The zero-order valence-corrected chi connectivity index (χ0v) is 15.0. The molecule has 126 valence electrons. The first-order valence-corrected chi connectivity index (χ1v) is 8.30.